The van der Waals surface area contributed by atoms with Crippen molar-refractivity contribution in [1.29, 1.82) is 0 Å². The Bertz CT molecular complexity index is 1610. The molecular formula is C30H27NO7. The minimum Gasteiger partial charge on any atom is -0.497 e. The molecule has 0 N–H and O–H groups in total. The Morgan fingerprint density at radius 1 is 0.947 bits per heavy atom. The van der Waals surface area contributed by atoms with E-state index in [-0.39, 0.29) is 11.5 Å². The quantitative estimate of drug-likeness (QED) is 0.175. The normalized spacial score (nSPS) is 13.4. The molecule has 0 bridgehead atoms. The zero-order valence-corrected chi connectivity index (χ0v) is 21.8. The zero-order valence-electron chi connectivity index (χ0n) is 21.8. The molecule has 0 spiro atoms. The van der Waals surface area contributed by atoms with Crippen LogP contribution in [0.2, 0.25) is 0 Å². The van der Waals surface area contributed by atoms with Gasteiger partial charge in [0.2, 0.25) is 5.78 Å². The van der Waals surface area contributed by atoms with Crippen molar-refractivity contribution in [2.45, 2.75) is 20.4 Å². The number of allylic oxidation sites excluding steroid dienone is 1. The molecule has 4 aromatic rings. The number of fused-ring (bicyclic) bond motifs is 2. The highest BCUT2D eigenvalue weighted by Crippen LogP contribution is 2.40. The Kier molecular flexibility index (Phi) is 6.55. The summed E-state index contributed by atoms with van der Waals surface area (Å²) in [6.07, 6.45) is 3.73. The van der Waals surface area contributed by atoms with Crippen molar-refractivity contribution in [2.75, 3.05) is 21.3 Å². The maximum atomic E-state index is 13.2. The van der Waals surface area contributed by atoms with Gasteiger partial charge in [0.25, 0.3) is 0 Å². The molecule has 0 aliphatic carbocycles. The number of aryl methyl sites for hydroxylation is 1. The van der Waals surface area contributed by atoms with Gasteiger partial charge in [0.15, 0.2) is 17.3 Å². The maximum absolute atomic E-state index is 13.2. The Morgan fingerprint density at radius 3 is 2.42 bits per heavy atom. The third-order valence-corrected chi connectivity index (χ3v) is 6.60. The SMILES string of the molecule is CCn1cc(/C=C2\Oc3c(ccc(OC(=O)c4ccc(OC)c(OC)c4)c3C)C2=O)c2cc(OC)ccc21. The molecule has 0 saturated carbocycles. The number of ether oxygens (including phenoxy) is 5. The predicted octanol–water partition coefficient (Wildman–Crippen LogP) is 5.83. The standard InChI is InChI=1S/C30H27NO7/c1-6-31-16-19(22-15-20(34-3)8-10-23(22)31)14-27-28(32)21-9-12-24(17(2)29(21)37-27)38-30(33)18-7-11-25(35-4)26(13-18)36-5/h7-16H,6H2,1-5H3/b27-14-. The van der Waals surface area contributed by atoms with Gasteiger partial charge >= 0.3 is 5.97 Å². The molecule has 0 atom stereocenters. The molecule has 2 heterocycles. The fourth-order valence-electron chi connectivity index (χ4n) is 4.55. The van der Waals surface area contributed by atoms with Crippen LogP contribution in [0.1, 0.15) is 38.8 Å². The lowest BCUT2D eigenvalue weighted by atomic mass is 10.1. The van der Waals surface area contributed by atoms with Gasteiger partial charge in [-0.1, -0.05) is 0 Å². The summed E-state index contributed by atoms with van der Waals surface area (Å²) in [4.78, 5) is 26.1. The highest BCUT2D eigenvalue weighted by atomic mass is 16.5. The fourth-order valence-corrected chi connectivity index (χ4v) is 4.55. The van der Waals surface area contributed by atoms with E-state index in [1.54, 1.807) is 50.4 Å². The van der Waals surface area contributed by atoms with Crippen LogP contribution in [0.3, 0.4) is 0 Å². The van der Waals surface area contributed by atoms with Crippen LogP contribution in [-0.2, 0) is 6.54 Å². The van der Waals surface area contributed by atoms with E-state index in [1.165, 1.54) is 14.2 Å². The number of hydrogen-bond acceptors (Lipinski definition) is 7. The smallest absolute Gasteiger partial charge is 0.343 e. The van der Waals surface area contributed by atoms with Crippen LogP contribution in [0.5, 0.6) is 28.7 Å². The van der Waals surface area contributed by atoms with Gasteiger partial charge in [0, 0.05) is 34.8 Å². The minimum absolute atomic E-state index is 0.199. The Labute approximate surface area is 219 Å². The molecule has 0 fully saturated rings. The van der Waals surface area contributed by atoms with Crippen LogP contribution in [0.15, 0.2) is 60.5 Å². The van der Waals surface area contributed by atoms with Gasteiger partial charge < -0.3 is 28.3 Å². The molecule has 8 nitrogen and oxygen atoms in total. The van der Waals surface area contributed by atoms with Crippen LogP contribution in [0.25, 0.3) is 17.0 Å². The third kappa shape index (κ3) is 4.24. The van der Waals surface area contributed by atoms with E-state index in [9.17, 15) is 9.59 Å². The fraction of sp³-hybridized carbons (Fsp3) is 0.200. The van der Waals surface area contributed by atoms with E-state index >= 15 is 0 Å². The first kappa shape index (κ1) is 25.0. The lowest BCUT2D eigenvalue weighted by Crippen LogP contribution is -2.10. The van der Waals surface area contributed by atoms with Gasteiger partial charge in [-0.25, -0.2) is 4.79 Å². The molecule has 1 aliphatic heterocycles. The van der Waals surface area contributed by atoms with Crippen molar-refractivity contribution < 1.29 is 33.3 Å². The number of nitrogens with zero attached hydrogens (tertiary/aromatic N) is 1. The summed E-state index contributed by atoms with van der Waals surface area (Å²) in [5, 5.41) is 0.951. The first-order valence-corrected chi connectivity index (χ1v) is 12.1. The molecule has 0 radical (unpaired) electrons. The van der Waals surface area contributed by atoms with Gasteiger partial charge in [-0.15, -0.1) is 0 Å². The topological polar surface area (TPSA) is 85.2 Å². The van der Waals surface area contributed by atoms with Crippen molar-refractivity contribution >= 4 is 28.7 Å². The van der Waals surface area contributed by atoms with E-state index in [1.807, 2.05) is 24.4 Å². The highest BCUT2D eigenvalue weighted by Gasteiger charge is 2.31. The first-order valence-electron chi connectivity index (χ1n) is 12.1. The molecule has 1 aromatic heterocycles. The number of carbonyl (C=O) groups is 2. The molecule has 1 aliphatic rings. The number of aromatic nitrogens is 1. The number of esters is 1. The van der Waals surface area contributed by atoms with Crippen LogP contribution >= 0.6 is 0 Å². The number of benzene rings is 3. The molecule has 0 unspecified atom stereocenters. The lowest BCUT2D eigenvalue weighted by molar-refractivity contribution is 0.0732. The summed E-state index contributed by atoms with van der Waals surface area (Å²) in [5.74, 6) is 1.70. The first-order chi connectivity index (χ1) is 18.4. The number of rotatable bonds is 7. The lowest BCUT2D eigenvalue weighted by Gasteiger charge is -2.12. The Morgan fingerprint density at radius 2 is 1.71 bits per heavy atom. The zero-order chi connectivity index (χ0) is 27.0. The van der Waals surface area contributed by atoms with Crippen molar-refractivity contribution in [3.8, 4) is 28.7 Å². The average molecular weight is 514 g/mol. The minimum atomic E-state index is -0.574. The van der Waals surface area contributed by atoms with Crippen LogP contribution in [-0.4, -0.2) is 37.6 Å². The van der Waals surface area contributed by atoms with Gasteiger partial charge in [-0.05, 0) is 68.5 Å². The number of Topliss-reactive ketones (excluding diaryl/α,β-unsaturated/α-hetero) is 1. The molecule has 38 heavy (non-hydrogen) atoms. The van der Waals surface area contributed by atoms with Crippen molar-refractivity contribution in [1.82, 2.24) is 4.57 Å². The van der Waals surface area contributed by atoms with Gasteiger partial charge in [-0.3, -0.25) is 4.79 Å². The van der Waals surface area contributed by atoms with E-state index in [0.29, 0.717) is 39.7 Å². The van der Waals surface area contributed by atoms with Crippen LogP contribution in [0.4, 0.5) is 0 Å². The summed E-state index contributed by atoms with van der Waals surface area (Å²) in [7, 11) is 4.63. The molecule has 3 aromatic carbocycles. The maximum Gasteiger partial charge on any atom is 0.343 e. The average Bonchev–Trinajstić information content (AvgIpc) is 3.46. The van der Waals surface area contributed by atoms with E-state index < -0.39 is 5.97 Å². The Balaban J connectivity index is 1.45. The van der Waals surface area contributed by atoms with E-state index in [2.05, 4.69) is 11.5 Å². The molecule has 8 heteroatoms. The summed E-state index contributed by atoms with van der Waals surface area (Å²) in [6, 6.07) is 13.8. The van der Waals surface area contributed by atoms with Crippen molar-refractivity contribution in [3.05, 3.63) is 82.7 Å². The van der Waals surface area contributed by atoms with E-state index in [4.69, 9.17) is 23.7 Å². The Hall–Kier alpha value is -4.72. The summed E-state index contributed by atoms with van der Waals surface area (Å²) < 4.78 is 29.7. The van der Waals surface area contributed by atoms with Gasteiger partial charge in [0.05, 0.1) is 32.5 Å². The monoisotopic (exact) mass is 513 g/mol. The molecule has 0 saturated heterocycles. The summed E-state index contributed by atoms with van der Waals surface area (Å²) >= 11 is 0. The number of hydrogen-bond donors (Lipinski definition) is 0. The second-order valence-electron chi connectivity index (χ2n) is 8.72. The largest absolute Gasteiger partial charge is 0.497 e. The van der Waals surface area contributed by atoms with Crippen molar-refractivity contribution in [2.24, 2.45) is 0 Å². The second kappa shape index (κ2) is 9.97. The number of ketones is 1. The molecule has 194 valence electrons. The summed E-state index contributed by atoms with van der Waals surface area (Å²) in [6.45, 7) is 4.58. The van der Waals surface area contributed by atoms with Gasteiger partial charge in [0.1, 0.15) is 17.2 Å². The highest BCUT2D eigenvalue weighted by molar-refractivity contribution is 6.15. The second-order valence-corrected chi connectivity index (χ2v) is 8.72. The van der Waals surface area contributed by atoms with E-state index in [0.717, 1.165) is 28.8 Å². The van der Waals surface area contributed by atoms with Gasteiger partial charge in [-0.2, -0.15) is 0 Å². The molecular weight excluding hydrogens is 486 g/mol. The number of carbonyl (C=O) groups excluding carboxylic acids is 2. The third-order valence-electron chi connectivity index (χ3n) is 6.60. The van der Waals surface area contributed by atoms with Crippen molar-refractivity contribution in [3.63, 3.8) is 0 Å². The number of methoxy groups -OCH3 is 3. The van der Waals surface area contributed by atoms with Crippen LogP contribution < -0.4 is 23.7 Å². The molecule has 0 amide bonds. The molecule has 5 rings (SSSR count). The summed E-state index contributed by atoms with van der Waals surface area (Å²) in [5.41, 5.74) is 3.13. The van der Waals surface area contributed by atoms with Crippen LogP contribution in [0, 0.1) is 6.92 Å². The predicted molar refractivity (Wildman–Crippen MR) is 143 cm³/mol.